The van der Waals surface area contributed by atoms with Crippen molar-refractivity contribution < 1.29 is 9.53 Å². The quantitative estimate of drug-likeness (QED) is 0.547. The average molecular weight is 170 g/mol. The van der Waals surface area contributed by atoms with Crippen LogP contribution in [-0.2, 0) is 9.53 Å². The van der Waals surface area contributed by atoms with Crippen LogP contribution in [0.25, 0.3) is 0 Å². The van der Waals surface area contributed by atoms with Crippen molar-refractivity contribution >= 4 is 5.78 Å². The SMILES string of the molecule is CCOCCCC(=O)CC1CC1. The van der Waals surface area contributed by atoms with Crippen molar-refractivity contribution in [3.63, 3.8) is 0 Å². The molecular weight excluding hydrogens is 152 g/mol. The summed E-state index contributed by atoms with van der Waals surface area (Å²) in [7, 11) is 0. The minimum Gasteiger partial charge on any atom is -0.382 e. The molecule has 1 rings (SSSR count). The molecule has 0 heterocycles. The van der Waals surface area contributed by atoms with E-state index >= 15 is 0 Å². The molecule has 0 unspecified atom stereocenters. The van der Waals surface area contributed by atoms with Gasteiger partial charge >= 0.3 is 0 Å². The van der Waals surface area contributed by atoms with E-state index in [-0.39, 0.29) is 0 Å². The van der Waals surface area contributed by atoms with Crippen LogP contribution in [0.2, 0.25) is 0 Å². The number of ether oxygens (including phenoxy) is 1. The number of hydrogen-bond donors (Lipinski definition) is 0. The third-order valence-corrected chi connectivity index (χ3v) is 2.16. The predicted octanol–water partition coefficient (Wildman–Crippen LogP) is 2.17. The van der Waals surface area contributed by atoms with Gasteiger partial charge in [0.2, 0.25) is 0 Å². The maximum Gasteiger partial charge on any atom is 0.133 e. The Kier molecular flexibility index (Phi) is 4.30. The summed E-state index contributed by atoms with van der Waals surface area (Å²) in [5, 5.41) is 0. The van der Waals surface area contributed by atoms with Crippen LogP contribution < -0.4 is 0 Å². The predicted molar refractivity (Wildman–Crippen MR) is 48.1 cm³/mol. The molecule has 0 aromatic carbocycles. The van der Waals surface area contributed by atoms with Crippen molar-refractivity contribution in [1.82, 2.24) is 0 Å². The fourth-order valence-electron chi connectivity index (χ4n) is 1.26. The molecule has 70 valence electrons. The van der Waals surface area contributed by atoms with Crippen LogP contribution in [0.4, 0.5) is 0 Å². The second-order valence-electron chi connectivity index (χ2n) is 3.49. The van der Waals surface area contributed by atoms with E-state index in [2.05, 4.69) is 0 Å². The van der Waals surface area contributed by atoms with Gasteiger partial charge in [-0.1, -0.05) is 0 Å². The minimum absolute atomic E-state index is 0.428. The molecule has 0 spiro atoms. The van der Waals surface area contributed by atoms with Gasteiger partial charge in [-0.3, -0.25) is 4.79 Å². The lowest BCUT2D eigenvalue weighted by Crippen LogP contribution is -2.02. The number of carbonyl (C=O) groups excluding carboxylic acids is 1. The Morgan fingerprint density at radius 1 is 1.50 bits per heavy atom. The van der Waals surface area contributed by atoms with Crippen LogP contribution in [0.5, 0.6) is 0 Å². The fraction of sp³-hybridized carbons (Fsp3) is 0.900. The molecule has 2 nitrogen and oxygen atoms in total. The summed E-state index contributed by atoms with van der Waals surface area (Å²) in [5.74, 6) is 1.17. The summed E-state index contributed by atoms with van der Waals surface area (Å²) >= 11 is 0. The molecule has 0 atom stereocenters. The summed E-state index contributed by atoms with van der Waals surface area (Å²) in [6, 6.07) is 0. The first kappa shape index (κ1) is 9.72. The van der Waals surface area contributed by atoms with E-state index in [1.54, 1.807) is 0 Å². The van der Waals surface area contributed by atoms with E-state index in [1.165, 1.54) is 12.8 Å². The van der Waals surface area contributed by atoms with E-state index in [0.717, 1.165) is 38.4 Å². The maximum atomic E-state index is 11.2. The average Bonchev–Trinajstić information content (AvgIpc) is 2.82. The lowest BCUT2D eigenvalue weighted by atomic mass is 10.1. The van der Waals surface area contributed by atoms with Crippen molar-refractivity contribution in [2.75, 3.05) is 13.2 Å². The van der Waals surface area contributed by atoms with Gasteiger partial charge in [-0.05, 0) is 32.1 Å². The van der Waals surface area contributed by atoms with Gasteiger partial charge in [-0.15, -0.1) is 0 Å². The number of rotatable bonds is 7. The second-order valence-corrected chi connectivity index (χ2v) is 3.49. The topological polar surface area (TPSA) is 26.3 Å². The third kappa shape index (κ3) is 4.50. The summed E-state index contributed by atoms with van der Waals surface area (Å²) in [6.45, 7) is 3.48. The first-order chi connectivity index (χ1) is 5.83. The monoisotopic (exact) mass is 170 g/mol. The highest BCUT2D eigenvalue weighted by Crippen LogP contribution is 2.32. The number of carbonyl (C=O) groups is 1. The smallest absolute Gasteiger partial charge is 0.133 e. The molecule has 0 radical (unpaired) electrons. The van der Waals surface area contributed by atoms with Gasteiger partial charge in [0.05, 0.1) is 0 Å². The molecule has 12 heavy (non-hydrogen) atoms. The van der Waals surface area contributed by atoms with Crippen LogP contribution in [-0.4, -0.2) is 19.0 Å². The lowest BCUT2D eigenvalue weighted by molar-refractivity contribution is -0.119. The molecule has 1 aliphatic carbocycles. The molecule has 1 aliphatic rings. The summed E-state index contributed by atoms with van der Waals surface area (Å²) in [4.78, 5) is 11.2. The molecule has 0 N–H and O–H groups in total. The van der Waals surface area contributed by atoms with Crippen LogP contribution in [0.1, 0.15) is 39.0 Å². The number of Topliss-reactive ketones (excluding diaryl/α,β-unsaturated/α-hetero) is 1. The summed E-state index contributed by atoms with van der Waals surface area (Å²) in [5.41, 5.74) is 0. The minimum atomic E-state index is 0.428. The highest BCUT2D eigenvalue weighted by atomic mass is 16.5. The molecule has 0 bridgehead atoms. The van der Waals surface area contributed by atoms with Crippen molar-refractivity contribution in [3.8, 4) is 0 Å². The first-order valence-corrected chi connectivity index (χ1v) is 4.92. The largest absolute Gasteiger partial charge is 0.382 e. The highest BCUT2D eigenvalue weighted by molar-refractivity contribution is 5.78. The van der Waals surface area contributed by atoms with E-state index in [1.807, 2.05) is 6.92 Å². The molecule has 1 fully saturated rings. The molecule has 0 aromatic heterocycles. The Morgan fingerprint density at radius 2 is 2.25 bits per heavy atom. The van der Waals surface area contributed by atoms with Gasteiger partial charge in [0.25, 0.3) is 0 Å². The van der Waals surface area contributed by atoms with E-state index < -0.39 is 0 Å². The fourth-order valence-corrected chi connectivity index (χ4v) is 1.26. The normalized spacial score (nSPS) is 16.4. The van der Waals surface area contributed by atoms with Crippen LogP contribution >= 0.6 is 0 Å². The molecular formula is C10H18O2. The Balaban J connectivity index is 1.87. The van der Waals surface area contributed by atoms with Crippen LogP contribution in [0.3, 0.4) is 0 Å². The van der Waals surface area contributed by atoms with Gasteiger partial charge in [-0.25, -0.2) is 0 Å². The van der Waals surface area contributed by atoms with E-state index in [9.17, 15) is 4.79 Å². The second kappa shape index (κ2) is 5.31. The van der Waals surface area contributed by atoms with Gasteiger partial charge < -0.3 is 4.74 Å². The molecule has 0 aromatic rings. The Labute approximate surface area is 74.3 Å². The lowest BCUT2D eigenvalue weighted by Gasteiger charge is -2.00. The van der Waals surface area contributed by atoms with Crippen molar-refractivity contribution in [3.05, 3.63) is 0 Å². The number of ketones is 1. The Bertz CT molecular complexity index is 139. The summed E-state index contributed by atoms with van der Waals surface area (Å²) < 4.78 is 5.15. The van der Waals surface area contributed by atoms with E-state index in [0.29, 0.717) is 5.78 Å². The zero-order valence-corrected chi connectivity index (χ0v) is 7.84. The maximum absolute atomic E-state index is 11.2. The third-order valence-electron chi connectivity index (χ3n) is 2.16. The molecule has 0 aliphatic heterocycles. The molecule has 1 saturated carbocycles. The first-order valence-electron chi connectivity index (χ1n) is 4.92. The van der Waals surface area contributed by atoms with Crippen molar-refractivity contribution in [2.45, 2.75) is 39.0 Å². The Hall–Kier alpha value is -0.370. The molecule has 0 amide bonds. The van der Waals surface area contributed by atoms with Gasteiger partial charge in [0, 0.05) is 26.1 Å². The zero-order valence-electron chi connectivity index (χ0n) is 7.84. The molecule has 2 heteroatoms. The zero-order chi connectivity index (χ0) is 8.81. The van der Waals surface area contributed by atoms with Gasteiger partial charge in [0.15, 0.2) is 0 Å². The summed E-state index contributed by atoms with van der Waals surface area (Å²) in [6.07, 6.45) is 5.00. The number of hydrogen-bond acceptors (Lipinski definition) is 2. The van der Waals surface area contributed by atoms with Gasteiger partial charge in [-0.2, -0.15) is 0 Å². The van der Waals surface area contributed by atoms with Crippen molar-refractivity contribution in [2.24, 2.45) is 5.92 Å². The standard InChI is InChI=1S/C10H18O2/c1-2-12-7-3-4-10(11)8-9-5-6-9/h9H,2-8H2,1H3. The van der Waals surface area contributed by atoms with Crippen LogP contribution in [0, 0.1) is 5.92 Å². The van der Waals surface area contributed by atoms with Gasteiger partial charge in [0.1, 0.15) is 5.78 Å². The Morgan fingerprint density at radius 3 is 2.83 bits per heavy atom. The molecule has 0 saturated heterocycles. The van der Waals surface area contributed by atoms with Crippen LogP contribution in [0.15, 0.2) is 0 Å². The van der Waals surface area contributed by atoms with E-state index in [4.69, 9.17) is 4.74 Å². The highest BCUT2D eigenvalue weighted by Gasteiger charge is 2.23. The van der Waals surface area contributed by atoms with Crippen molar-refractivity contribution in [1.29, 1.82) is 0 Å².